The first-order valence-electron chi connectivity index (χ1n) is 8.17. The molecule has 25 heavy (non-hydrogen) atoms. The van der Waals surface area contributed by atoms with Crippen molar-refractivity contribution in [3.63, 3.8) is 0 Å². The lowest BCUT2D eigenvalue weighted by Crippen LogP contribution is -2.45. The molecule has 0 bridgehead atoms. The Kier molecular flexibility index (Phi) is 5.40. The summed E-state index contributed by atoms with van der Waals surface area (Å²) in [7, 11) is 0. The van der Waals surface area contributed by atoms with Crippen molar-refractivity contribution < 1.29 is 14.0 Å². The highest BCUT2D eigenvalue weighted by atomic mass is 35.5. The fourth-order valence-electron chi connectivity index (χ4n) is 3.01. The Morgan fingerprint density at radius 2 is 2.00 bits per heavy atom. The molecule has 1 fully saturated rings. The minimum absolute atomic E-state index is 0.155. The van der Waals surface area contributed by atoms with Crippen LogP contribution in [0.3, 0.4) is 0 Å². The molecule has 2 aromatic rings. The van der Waals surface area contributed by atoms with E-state index in [1.165, 1.54) is 0 Å². The van der Waals surface area contributed by atoms with E-state index in [2.05, 4.69) is 5.32 Å². The Balaban J connectivity index is 1.52. The Bertz CT molecular complexity index is 757. The zero-order valence-corrected chi connectivity index (χ0v) is 14.5. The Morgan fingerprint density at radius 3 is 2.72 bits per heavy atom. The molecular weight excluding hydrogens is 342 g/mol. The summed E-state index contributed by atoms with van der Waals surface area (Å²) in [5, 5.41) is 3.48. The van der Waals surface area contributed by atoms with Gasteiger partial charge in [0.15, 0.2) is 0 Å². The molecule has 3 rings (SSSR count). The summed E-state index contributed by atoms with van der Waals surface area (Å²) < 4.78 is 5.74. The van der Waals surface area contributed by atoms with E-state index in [0.717, 1.165) is 12.0 Å². The molecule has 132 valence electrons. The van der Waals surface area contributed by atoms with Gasteiger partial charge in [-0.15, -0.1) is 0 Å². The number of carbonyl (C=O) groups is 2. The number of halogens is 1. The smallest absolute Gasteiger partial charge is 0.234 e. The van der Waals surface area contributed by atoms with Crippen molar-refractivity contribution in [2.24, 2.45) is 5.73 Å². The number of nitrogens with one attached hydrogen (secondary N) is 1. The third-order valence-corrected chi connectivity index (χ3v) is 4.54. The highest BCUT2D eigenvalue weighted by molar-refractivity contribution is 6.30. The van der Waals surface area contributed by atoms with Crippen LogP contribution in [0.2, 0.25) is 5.02 Å². The maximum absolute atomic E-state index is 12.1. The van der Waals surface area contributed by atoms with E-state index in [1.54, 1.807) is 12.1 Å². The molecule has 3 N–H and O–H groups in total. The van der Waals surface area contributed by atoms with E-state index >= 15 is 0 Å². The van der Waals surface area contributed by atoms with Crippen LogP contribution in [0, 0.1) is 0 Å². The van der Waals surface area contributed by atoms with Crippen molar-refractivity contribution in [1.29, 1.82) is 0 Å². The first-order chi connectivity index (χ1) is 12.0. The number of hydrogen-bond acceptors (Lipinski definition) is 4. The van der Waals surface area contributed by atoms with Gasteiger partial charge < -0.3 is 15.5 Å². The van der Waals surface area contributed by atoms with Gasteiger partial charge in [0.1, 0.15) is 11.5 Å². The molecule has 6 nitrogen and oxygen atoms in total. The van der Waals surface area contributed by atoms with Gasteiger partial charge >= 0.3 is 0 Å². The maximum Gasteiger partial charge on any atom is 0.234 e. The molecule has 1 aromatic carbocycles. The van der Waals surface area contributed by atoms with Gasteiger partial charge in [0, 0.05) is 10.6 Å². The predicted molar refractivity (Wildman–Crippen MR) is 94.8 cm³/mol. The predicted octanol–water partition coefficient (Wildman–Crippen LogP) is 2.17. The summed E-state index contributed by atoms with van der Waals surface area (Å²) in [5.41, 5.74) is 6.28. The fourth-order valence-corrected chi connectivity index (χ4v) is 3.13. The van der Waals surface area contributed by atoms with Crippen LogP contribution in [0.15, 0.2) is 40.8 Å². The quantitative estimate of drug-likeness (QED) is 0.825. The average molecular weight is 362 g/mol. The number of amides is 2. The van der Waals surface area contributed by atoms with E-state index in [0.29, 0.717) is 36.1 Å². The van der Waals surface area contributed by atoms with Crippen molar-refractivity contribution in [2.75, 3.05) is 13.1 Å². The van der Waals surface area contributed by atoms with E-state index in [4.69, 9.17) is 21.8 Å². The second-order valence-corrected chi connectivity index (χ2v) is 6.52. The third-order valence-electron chi connectivity index (χ3n) is 4.29. The molecule has 1 aliphatic rings. The van der Waals surface area contributed by atoms with Gasteiger partial charge in [-0.05, 0) is 55.8 Å². The molecule has 0 saturated carbocycles. The lowest BCUT2D eigenvalue weighted by atomic mass is 10.2. The highest BCUT2D eigenvalue weighted by Gasteiger charge is 2.30. The number of likely N-dealkylation sites (tertiary alicyclic amines) is 1. The van der Waals surface area contributed by atoms with Gasteiger partial charge in [-0.1, -0.05) is 11.6 Å². The normalized spacial score (nSPS) is 17.6. The molecule has 1 atom stereocenters. The number of furan rings is 1. The Labute approximate surface area is 150 Å². The van der Waals surface area contributed by atoms with Crippen molar-refractivity contribution in [3.05, 3.63) is 47.2 Å². The second-order valence-electron chi connectivity index (χ2n) is 6.08. The summed E-state index contributed by atoms with van der Waals surface area (Å²) >= 11 is 5.88. The van der Waals surface area contributed by atoms with E-state index in [-0.39, 0.29) is 24.4 Å². The van der Waals surface area contributed by atoms with Gasteiger partial charge in [-0.3, -0.25) is 14.5 Å². The summed E-state index contributed by atoms with van der Waals surface area (Å²) in [5.74, 6) is 0.849. The second kappa shape index (κ2) is 7.72. The molecule has 1 aliphatic heterocycles. The van der Waals surface area contributed by atoms with Crippen LogP contribution in [0.25, 0.3) is 11.3 Å². The van der Waals surface area contributed by atoms with Gasteiger partial charge in [0.2, 0.25) is 11.8 Å². The van der Waals surface area contributed by atoms with Crippen molar-refractivity contribution >= 4 is 23.4 Å². The minimum Gasteiger partial charge on any atom is -0.459 e. The lowest BCUT2D eigenvalue weighted by Gasteiger charge is -2.20. The van der Waals surface area contributed by atoms with Gasteiger partial charge in [0.05, 0.1) is 19.1 Å². The third kappa shape index (κ3) is 4.41. The molecule has 1 aromatic heterocycles. The number of carbonyl (C=O) groups excluding carboxylic acids is 2. The molecule has 7 heteroatoms. The topological polar surface area (TPSA) is 88.6 Å². The molecule has 2 heterocycles. The largest absolute Gasteiger partial charge is 0.459 e. The molecule has 1 saturated heterocycles. The van der Waals surface area contributed by atoms with Crippen molar-refractivity contribution in [3.8, 4) is 11.3 Å². The number of benzene rings is 1. The van der Waals surface area contributed by atoms with Crippen LogP contribution in [-0.2, 0) is 16.1 Å². The van der Waals surface area contributed by atoms with Crippen LogP contribution in [-0.4, -0.2) is 35.8 Å². The number of rotatable bonds is 6. The minimum atomic E-state index is -0.371. The van der Waals surface area contributed by atoms with Gasteiger partial charge in [0.25, 0.3) is 0 Å². The van der Waals surface area contributed by atoms with Crippen LogP contribution in [0.5, 0.6) is 0 Å². The number of nitrogens with two attached hydrogens (primary N) is 1. The monoisotopic (exact) mass is 361 g/mol. The molecule has 0 aliphatic carbocycles. The fraction of sp³-hybridized carbons (Fsp3) is 0.333. The average Bonchev–Trinajstić information content (AvgIpc) is 3.23. The van der Waals surface area contributed by atoms with Crippen LogP contribution in [0.1, 0.15) is 18.6 Å². The van der Waals surface area contributed by atoms with Crippen LogP contribution < -0.4 is 11.1 Å². The molecular formula is C18H20ClN3O3. The maximum atomic E-state index is 12.1. The first-order valence-corrected chi connectivity index (χ1v) is 8.55. The number of nitrogens with zero attached hydrogens (tertiary/aromatic N) is 1. The summed E-state index contributed by atoms with van der Waals surface area (Å²) in [6.45, 7) is 1.17. The SMILES string of the molecule is NC(=O)C1CCCN1CC(=O)NCc1ccc(-c2ccc(Cl)cc2)o1. The highest BCUT2D eigenvalue weighted by Crippen LogP contribution is 2.23. The summed E-state index contributed by atoms with van der Waals surface area (Å²) in [6.07, 6.45) is 1.59. The molecule has 0 spiro atoms. The zero-order valence-electron chi connectivity index (χ0n) is 13.7. The van der Waals surface area contributed by atoms with Gasteiger partial charge in [-0.2, -0.15) is 0 Å². The standard InChI is InChI=1S/C18H20ClN3O3/c19-13-5-3-12(4-6-13)16-8-7-14(25-16)10-21-17(23)11-22-9-1-2-15(22)18(20)24/h3-8,15H,1-2,9-11H2,(H2,20,24)(H,21,23). The van der Waals surface area contributed by atoms with Crippen LogP contribution in [0.4, 0.5) is 0 Å². The van der Waals surface area contributed by atoms with Crippen LogP contribution >= 0.6 is 11.6 Å². The Morgan fingerprint density at radius 1 is 1.24 bits per heavy atom. The van der Waals surface area contributed by atoms with Gasteiger partial charge in [-0.25, -0.2) is 0 Å². The summed E-state index contributed by atoms with van der Waals surface area (Å²) in [6, 6.07) is 10.7. The first kappa shape index (κ1) is 17.5. The Hall–Kier alpha value is -2.31. The number of primary amides is 1. The van der Waals surface area contributed by atoms with Crippen molar-refractivity contribution in [2.45, 2.75) is 25.4 Å². The van der Waals surface area contributed by atoms with Crippen molar-refractivity contribution in [1.82, 2.24) is 10.2 Å². The molecule has 2 amide bonds. The van der Waals surface area contributed by atoms with E-state index in [1.807, 2.05) is 29.2 Å². The zero-order chi connectivity index (χ0) is 17.8. The molecule has 0 radical (unpaired) electrons. The molecule has 1 unspecified atom stereocenters. The number of hydrogen-bond donors (Lipinski definition) is 2. The lowest BCUT2D eigenvalue weighted by molar-refractivity contribution is -0.125. The van der Waals surface area contributed by atoms with E-state index < -0.39 is 0 Å². The summed E-state index contributed by atoms with van der Waals surface area (Å²) in [4.78, 5) is 25.3. The van der Waals surface area contributed by atoms with E-state index in [9.17, 15) is 9.59 Å².